The van der Waals surface area contributed by atoms with Crippen LogP contribution in [0.4, 0.5) is 0 Å². The maximum absolute atomic E-state index is 12.7. The fraction of sp³-hybridized carbons (Fsp3) is 0.667. The maximum Gasteiger partial charge on any atom is 0.260 e. The van der Waals surface area contributed by atoms with Gasteiger partial charge in [-0.1, -0.05) is 6.92 Å². The van der Waals surface area contributed by atoms with Crippen LogP contribution in [0.15, 0.2) is 4.79 Å². The van der Waals surface area contributed by atoms with Crippen molar-refractivity contribution >= 4 is 21.6 Å². The molecule has 0 bridgehead atoms. The second-order valence-corrected chi connectivity index (χ2v) is 8.72. The van der Waals surface area contributed by atoms with Crippen LogP contribution in [0.1, 0.15) is 43.5 Å². The molecule has 1 saturated heterocycles. The van der Waals surface area contributed by atoms with Crippen LogP contribution in [0, 0.1) is 5.92 Å². The van der Waals surface area contributed by atoms with Gasteiger partial charge in [-0.3, -0.25) is 4.79 Å². The number of hydrogen-bond donors (Lipinski definition) is 2. The molecule has 0 aromatic carbocycles. The Balaban J connectivity index is 1.65. The second kappa shape index (κ2) is 6.24. The highest BCUT2D eigenvalue weighted by Crippen LogP contribution is 2.35. The lowest BCUT2D eigenvalue weighted by atomic mass is 9.89. The van der Waals surface area contributed by atoms with Crippen molar-refractivity contribution in [2.45, 2.75) is 58.8 Å². The van der Waals surface area contributed by atoms with Crippen LogP contribution in [-0.2, 0) is 24.1 Å². The minimum atomic E-state index is 0.0517. The minimum Gasteiger partial charge on any atom is -0.364 e. The Bertz CT molecular complexity index is 802. The van der Waals surface area contributed by atoms with E-state index >= 15 is 0 Å². The summed E-state index contributed by atoms with van der Waals surface area (Å²) in [5.41, 5.74) is 1.31. The highest BCUT2D eigenvalue weighted by atomic mass is 32.1. The molecule has 2 aromatic rings. The van der Waals surface area contributed by atoms with Crippen molar-refractivity contribution in [1.82, 2.24) is 9.97 Å². The SMILES string of the molecule is C[C@@H]1CCc2c(sc3nc(C[NH+]4C[C@@H](C)O[C@H](C)C4)[nH]c(=O)c23)C1. The quantitative estimate of drug-likeness (QED) is 0.860. The van der Waals surface area contributed by atoms with Crippen molar-refractivity contribution in [3.05, 3.63) is 26.6 Å². The lowest BCUT2D eigenvalue weighted by Crippen LogP contribution is -3.14. The molecule has 0 unspecified atom stereocenters. The molecule has 1 aliphatic carbocycles. The first kappa shape index (κ1) is 16.2. The number of H-pyrrole nitrogens is 1. The molecule has 5 nitrogen and oxygen atoms in total. The average molecular weight is 348 g/mol. The number of nitrogens with zero attached hydrogens (tertiary/aromatic N) is 1. The summed E-state index contributed by atoms with van der Waals surface area (Å²) in [5.74, 6) is 1.53. The first-order valence-corrected chi connectivity index (χ1v) is 9.83. The summed E-state index contributed by atoms with van der Waals surface area (Å²) >= 11 is 1.73. The zero-order chi connectivity index (χ0) is 16.8. The van der Waals surface area contributed by atoms with E-state index < -0.39 is 0 Å². The summed E-state index contributed by atoms with van der Waals surface area (Å²) in [6.07, 6.45) is 3.80. The van der Waals surface area contributed by atoms with Crippen LogP contribution >= 0.6 is 11.3 Å². The Morgan fingerprint density at radius 1 is 1.29 bits per heavy atom. The number of hydrogen-bond acceptors (Lipinski definition) is 4. The van der Waals surface area contributed by atoms with E-state index in [2.05, 4.69) is 25.8 Å². The zero-order valence-corrected chi connectivity index (χ0v) is 15.5. The molecule has 4 rings (SSSR count). The topological polar surface area (TPSA) is 59.4 Å². The second-order valence-electron chi connectivity index (χ2n) is 7.64. The number of nitrogens with one attached hydrogen (secondary N) is 2. The van der Waals surface area contributed by atoms with E-state index in [9.17, 15) is 4.79 Å². The van der Waals surface area contributed by atoms with Crippen molar-refractivity contribution in [1.29, 1.82) is 0 Å². The first-order valence-electron chi connectivity index (χ1n) is 9.02. The predicted molar refractivity (Wildman–Crippen MR) is 95.8 cm³/mol. The lowest BCUT2D eigenvalue weighted by molar-refractivity contribution is -0.928. The molecule has 1 aliphatic heterocycles. The normalized spacial score (nSPS) is 30.5. The third-order valence-corrected chi connectivity index (χ3v) is 6.40. The molecule has 6 heteroatoms. The van der Waals surface area contributed by atoms with Gasteiger partial charge < -0.3 is 14.6 Å². The van der Waals surface area contributed by atoms with Crippen molar-refractivity contribution < 1.29 is 9.64 Å². The number of rotatable bonds is 2. The molecule has 2 aliphatic rings. The summed E-state index contributed by atoms with van der Waals surface area (Å²) in [4.78, 5) is 24.3. The lowest BCUT2D eigenvalue weighted by Gasteiger charge is -2.32. The van der Waals surface area contributed by atoms with Gasteiger partial charge in [-0.15, -0.1) is 11.3 Å². The number of aromatic nitrogens is 2. The number of fused-ring (bicyclic) bond motifs is 3. The average Bonchev–Trinajstić information content (AvgIpc) is 2.83. The van der Waals surface area contributed by atoms with Crippen molar-refractivity contribution in [2.24, 2.45) is 5.92 Å². The van der Waals surface area contributed by atoms with E-state index in [-0.39, 0.29) is 17.8 Å². The molecule has 2 N–H and O–H groups in total. The molecule has 0 saturated carbocycles. The largest absolute Gasteiger partial charge is 0.364 e. The highest BCUT2D eigenvalue weighted by Gasteiger charge is 2.27. The van der Waals surface area contributed by atoms with Crippen molar-refractivity contribution in [2.75, 3.05) is 13.1 Å². The Kier molecular flexibility index (Phi) is 4.22. The standard InChI is InChI=1S/C18H25N3O2S/c1-10-4-5-13-14(6-10)24-18-16(13)17(22)19-15(20-18)9-21-7-11(2)23-12(3)8-21/h10-12H,4-9H2,1-3H3,(H,19,20,22)/p+1/t10-,11-,12-/m1/s1. The van der Waals surface area contributed by atoms with Crippen LogP contribution in [0.2, 0.25) is 0 Å². The van der Waals surface area contributed by atoms with Crippen molar-refractivity contribution in [3.63, 3.8) is 0 Å². The van der Waals surface area contributed by atoms with E-state index in [0.29, 0.717) is 5.92 Å². The van der Waals surface area contributed by atoms with Gasteiger partial charge in [0.15, 0.2) is 5.82 Å². The molecule has 2 aromatic heterocycles. The number of aryl methyl sites for hydroxylation is 1. The van der Waals surface area contributed by atoms with Gasteiger partial charge in [-0.05, 0) is 44.6 Å². The third kappa shape index (κ3) is 3.03. The van der Waals surface area contributed by atoms with Gasteiger partial charge in [0.2, 0.25) is 0 Å². The Morgan fingerprint density at radius 3 is 2.79 bits per heavy atom. The highest BCUT2D eigenvalue weighted by molar-refractivity contribution is 7.18. The van der Waals surface area contributed by atoms with Gasteiger partial charge in [-0.2, -0.15) is 0 Å². The van der Waals surface area contributed by atoms with Gasteiger partial charge in [0.1, 0.15) is 36.7 Å². The van der Waals surface area contributed by atoms with Crippen LogP contribution < -0.4 is 10.5 Å². The van der Waals surface area contributed by atoms with Gasteiger partial charge in [0, 0.05) is 4.88 Å². The zero-order valence-electron chi connectivity index (χ0n) is 14.6. The molecule has 24 heavy (non-hydrogen) atoms. The van der Waals surface area contributed by atoms with Gasteiger partial charge >= 0.3 is 0 Å². The fourth-order valence-electron chi connectivity index (χ4n) is 4.25. The third-order valence-electron chi connectivity index (χ3n) is 5.25. The molecule has 3 heterocycles. The first-order chi connectivity index (χ1) is 11.5. The molecule has 3 atom stereocenters. The summed E-state index contributed by atoms with van der Waals surface area (Å²) in [5, 5.41) is 0.851. The van der Waals surface area contributed by atoms with Crippen LogP contribution in [0.25, 0.3) is 10.2 Å². The monoisotopic (exact) mass is 348 g/mol. The number of quaternary nitrogens is 1. The molecular weight excluding hydrogens is 322 g/mol. The van der Waals surface area contributed by atoms with E-state index in [1.54, 1.807) is 11.3 Å². The minimum absolute atomic E-state index is 0.0517. The Labute approximate surface area is 146 Å². The van der Waals surface area contributed by atoms with Gasteiger partial charge in [0.25, 0.3) is 5.56 Å². The van der Waals surface area contributed by atoms with E-state index in [1.807, 2.05) is 0 Å². The molecule has 1 fully saturated rings. The number of ether oxygens (including phenoxy) is 1. The van der Waals surface area contributed by atoms with Crippen LogP contribution in [0.3, 0.4) is 0 Å². The Hall–Kier alpha value is -1.24. The maximum atomic E-state index is 12.7. The van der Waals surface area contributed by atoms with Gasteiger partial charge in [0.05, 0.1) is 5.39 Å². The predicted octanol–water partition coefficient (Wildman–Crippen LogP) is 1.30. The summed E-state index contributed by atoms with van der Waals surface area (Å²) in [6, 6.07) is 0. The molecule has 130 valence electrons. The summed E-state index contributed by atoms with van der Waals surface area (Å²) in [7, 11) is 0. The van der Waals surface area contributed by atoms with E-state index in [1.165, 1.54) is 21.8 Å². The fourth-order valence-corrected chi connectivity index (χ4v) is 5.65. The smallest absolute Gasteiger partial charge is 0.260 e. The van der Waals surface area contributed by atoms with E-state index in [4.69, 9.17) is 9.72 Å². The molecule has 0 amide bonds. The van der Waals surface area contributed by atoms with Crippen LogP contribution in [-0.4, -0.2) is 35.3 Å². The van der Waals surface area contributed by atoms with Gasteiger partial charge in [-0.25, -0.2) is 4.98 Å². The summed E-state index contributed by atoms with van der Waals surface area (Å²) in [6.45, 7) is 9.21. The summed E-state index contributed by atoms with van der Waals surface area (Å²) < 4.78 is 5.80. The number of aromatic amines is 1. The van der Waals surface area contributed by atoms with Crippen LogP contribution in [0.5, 0.6) is 0 Å². The number of morpholine rings is 1. The van der Waals surface area contributed by atoms with Crippen molar-refractivity contribution in [3.8, 4) is 0 Å². The molecule has 0 radical (unpaired) electrons. The number of thiophene rings is 1. The van der Waals surface area contributed by atoms with E-state index in [0.717, 1.165) is 48.5 Å². The Morgan fingerprint density at radius 2 is 2.04 bits per heavy atom. The molecule has 0 spiro atoms. The molecular formula is C18H26N3O2S+.